The fourth-order valence-electron chi connectivity index (χ4n) is 7.69. The zero-order valence-electron chi connectivity index (χ0n) is 24.8. The Morgan fingerprint density at radius 2 is 1.56 bits per heavy atom. The molecular formula is C36H39NO6. The van der Waals surface area contributed by atoms with E-state index in [0.29, 0.717) is 16.8 Å². The third-order valence-electron chi connectivity index (χ3n) is 9.45. The average Bonchev–Trinajstić information content (AvgIpc) is 3.00. The normalized spacial score (nSPS) is 24.7. The SMILES string of the molecule is COC(C)OCOc1ccc(C(=O)C=Cc2ccc(C(=O)Nc3ccc(O)cc3)cc2)cc1C12CC3CC(CC(C3)C1)C2. The van der Waals surface area contributed by atoms with Crippen LogP contribution in [0.5, 0.6) is 11.5 Å². The Morgan fingerprint density at radius 1 is 0.930 bits per heavy atom. The molecule has 224 valence electrons. The van der Waals surface area contributed by atoms with Crippen LogP contribution in [0.15, 0.2) is 72.8 Å². The number of hydrogen-bond acceptors (Lipinski definition) is 6. The number of rotatable bonds is 11. The van der Waals surface area contributed by atoms with Crippen molar-refractivity contribution in [3.63, 3.8) is 0 Å². The first kappa shape index (κ1) is 29.1. The highest BCUT2D eigenvalue weighted by molar-refractivity contribution is 6.07. The standard InChI is InChI=1S/C36H39NO6/c1-23(41-2)42-22-43-34-14-8-29(18-32(34)36-19-25-15-26(20-36)17-27(16-25)21-36)33(39)13-5-24-3-6-28(7-4-24)35(40)37-30-9-11-31(38)12-10-30/h3-14,18,23,25-27,38H,15-17,19-22H2,1-2H3,(H,37,40). The van der Waals surface area contributed by atoms with Gasteiger partial charge >= 0.3 is 0 Å². The van der Waals surface area contributed by atoms with Crippen molar-refractivity contribution in [2.24, 2.45) is 17.8 Å². The molecule has 43 heavy (non-hydrogen) atoms. The van der Waals surface area contributed by atoms with Gasteiger partial charge < -0.3 is 24.6 Å². The largest absolute Gasteiger partial charge is 0.508 e. The van der Waals surface area contributed by atoms with E-state index in [1.54, 1.807) is 43.5 Å². The van der Waals surface area contributed by atoms with Gasteiger partial charge in [-0.2, -0.15) is 0 Å². The van der Waals surface area contributed by atoms with Crippen LogP contribution in [-0.2, 0) is 14.9 Å². The third-order valence-corrected chi connectivity index (χ3v) is 9.45. The molecule has 0 radical (unpaired) electrons. The number of phenolic OH excluding ortho intramolecular Hbond substituents is 1. The molecule has 1 unspecified atom stereocenters. The number of allylic oxidation sites excluding steroid dienone is 1. The zero-order valence-corrected chi connectivity index (χ0v) is 24.8. The molecule has 3 aromatic carbocycles. The first-order valence-corrected chi connectivity index (χ1v) is 15.1. The smallest absolute Gasteiger partial charge is 0.255 e. The van der Waals surface area contributed by atoms with Gasteiger partial charge in [-0.05, 0) is 135 Å². The van der Waals surface area contributed by atoms with Crippen LogP contribution in [0.1, 0.15) is 77.3 Å². The first-order chi connectivity index (χ1) is 20.8. The summed E-state index contributed by atoms with van der Waals surface area (Å²) in [5, 5.41) is 12.2. The van der Waals surface area contributed by atoms with Crippen molar-refractivity contribution in [2.75, 3.05) is 19.2 Å². The molecule has 4 aliphatic carbocycles. The van der Waals surface area contributed by atoms with Gasteiger partial charge in [0.1, 0.15) is 11.5 Å². The van der Waals surface area contributed by atoms with Crippen molar-refractivity contribution in [1.29, 1.82) is 0 Å². The topological polar surface area (TPSA) is 94.1 Å². The van der Waals surface area contributed by atoms with Gasteiger partial charge in [-0.25, -0.2) is 0 Å². The number of hydrogen-bond donors (Lipinski definition) is 2. The Balaban J connectivity index is 1.18. The van der Waals surface area contributed by atoms with E-state index in [0.717, 1.165) is 53.9 Å². The Hall–Kier alpha value is -3.94. The summed E-state index contributed by atoms with van der Waals surface area (Å²) in [6.45, 7) is 1.92. The van der Waals surface area contributed by atoms with Crippen LogP contribution in [0.3, 0.4) is 0 Å². The van der Waals surface area contributed by atoms with Crippen molar-refractivity contribution < 1.29 is 28.9 Å². The molecule has 4 bridgehead atoms. The van der Waals surface area contributed by atoms with Gasteiger partial charge in [-0.3, -0.25) is 9.59 Å². The number of nitrogens with one attached hydrogen (secondary N) is 1. The molecule has 1 atom stereocenters. The van der Waals surface area contributed by atoms with Crippen molar-refractivity contribution >= 4 is 23.5 Å². The number of methoxy groups -OCH3 is 1. The van der Waals surface area contributed by atoms with Crippen LogP contribution in [0, 0.1) is 17.8 Å². The number of amides is 1. The molecule has 0 spiro atoms. The number of ether oxygens (including phenoxy) is 3. The van der Waals surface area contributed by atoms with Crippen LogP contribution in [-0.4, -0.2) is 37.0 Å². The van der Waals surface area contributed by atoms with E-state index in [9.17, 15) is 14.7 Å². The minimum atomic E-state index is -0.364. The Kier molecular flexibility index (Phi) is 8.37. The van der Waals surface area contributed by atoms with Gasteiger partial charge in [0.05, 0.1) is 0 Å². The van der Waals surface area contributed by atoms with Crippen LogP contribution in [0.2, 0.25) is 0 Å². The fourth-order valence-corrected chi connectivity index (χ4v) is 7.69. The van der Waals surface area contributed by atoms with Crippen molar-refractivity contribution in [3.05, 3.63) is 95.1 Å². The van der Waals surface area contributed by atoms with E-state index < -0.39 is 0 Å². The maximum absolute atomic E-state index is 13.4. The van der Waals surface area contributed by atoms with Gasteiger partial charge in [0.25, 0.3) is 5.91 Å². The molecule has 2 N–H and O–H groups in total. The van der Waals surface area contributed by atoms with Crippen LogP contribution < -0.4 is 10.1 Å². The molecule has 4 aliphatic rings. The predicted octanol–water partition coefficient (Wildman–Crippen LogP) is 7.35. The zero-order chi connectivity index (χ0) is 30.0. The quantitative estimate of drug-likeness (QED) is 0.106. The summed E-state index contributed by atoms with van der Waals surface area (Å²) in [5.74, 6) is 2.89. The van der Waals surface area contributed by atoms with E-state index >= 15 is 0 Å². The molecule has 4 fully saturated rings. The summed E-state index contributed by atoms with van der Waals surface area (Å²) in [6, 6.07) is 19.2. The number of benzene rings is 3. The number of carbonyl (C=O) groups is 2. The van der Waals surface area contributed by atoms with Gasteiger partial charge in [0.15, 0.2) is 18.9 Å². The monoisotopic (exact) mass is 581 g/mol. The third kappa shape index (κ3) is 6.53. The highest BCUT2D eigenvalue weighted by Crippen LogP contribution is 2.62. The van der Waals surface area contributed by atoms with Crippen molar-refractivity contribution in [1.82, 2.24) is 0 Å². The lowest BCUT2D eigenvalue weighted by atomic mass is 9.48. The molecule has 7 rings (SSSR count). The summed E-state index contributed by atoms with van der Waals surface area (Å²) in [5.41, 5.74) is 3.75. The molecule has 3 aromatic rings. The number of aromatic hydroxyl groups is 1. The van der Waals surface area contributed by atoms with Crippen LogP contribution >= 0.6 is 0 Å². The van der Waals surface area contributed by atoms with Gasteiger partial charge in [-0.15, -0.1) is 0 Å². The van der Waals surface area contributed by atoms with Crippen molar-refractivity contribution in [3.8, 4) is 11.5 Å². The lowest BCUT2D eigenvalue weighted by Gasteiger charge is -2.57. The minimum absolute atomic E-state index is 0.0491. The van der Waals surface area contributed by atoms with E-state index in [2.05, 4.69) is 11.4 Å². The number of carbonyl (C=O) groups excluding carboxylic acids is 2. The highest BCUT2D eigenvalue weighted by Gasteiger charge is 2.52. The molecule has 0 aliphatic heterocycles. The number of ketones is 1. The molecule has 0 saturated heterocycles. The lowest BCUT2D eigenvalue weighted by Crippen LogP contribution is -2.48. The second kappa shape index (κ2) is 12.3. The molecule has 4 saturated carbocycles. The van der Waals surface area contributed by atoms with E-state index in [-0.39, 0.29) is 35.9 Å². The Morgan fingerprint density at radius 3 is 2.19 bits per heavy atom. The fraction of sp³-hybridized carbons (Fsp3) is 0.389. The second-order valence-corrected chi connectivity index (χ2v) is 12.5. The Labute approximate surface area is 252 Å². The van der Waals surface area contributed by atoms with E-state index in [1.165, 1.54) is 31.4 Å². The predicted molar refractivity (Wildman–Crippen MR) is 165 cm³/mol. The van der Waals surface area contributed by atoms with Gasteiger partial charge in [0.2, 0.25) is 0 Å². The summed E-state index contributed by atoms with van der Waals surface area (Å²) in [7, 11) is 1.60. The van der Waals surface area contributed by atoms with E-state index in [4.69, 9.17) is 14.2 Å². The highest BCUT2D eigenvalue weighted by atomic mass is 16.7. The summed E-state index contributed by atoms with van der Waals surface area (Å²) in [6.07, 6.45) is 10.5. The molecule has 0 aromatic heterocycles. The maximum atomic E-state index is 13.4. The Bertz CT molecular complexity index is 1460. The maximum Gasteiger partial charge on any atom is 0.255 e. The first-order valence-electron chi connectivity index (χ1n) is 15.1. The second-order valence-electron chi connectivity index (χ2n) is 12.5. The minimum Gasteiger partial charge on any atom is -0.508 e. The summed E-state index contributed by atoms with van der Waals surface area (Å²) < 4.78 is 17.0. The van der Waals surface area contributed by atoms with Crippen LogP contribution in [0.4, 0.5) is 5.69 Å². The van der Waals surface area contributed by atoms with Crippen molar-refractivity contribution in [2.45, 2.75) is 57.2 Å². The van der Waals surface area contributed by atoms with Crippen LogP contribution in [0.25, 0.3) is 6.08 Å². The molecule has 1 amide bonds. The lowest BCUT2D eigenvalue weighted by molar-refractivity contribution is -0.150. The van der Waals surface area contributed by atoms with E-state index in [1.807, 2.05) is 31.2 Å². The molecule has 7 heteroatoms. The number of phenols is 1. The molecule has 7 nitrogen and oxygen atoms in total. The van der Waals surface area contributed by atoms with Gasteiger partial charge in [0, 0.05) is 29.5 Å². The molecule has 0 heterocycles. The number of anilines is 1. The van der Waals surface area contributed by atoms with Gasteiger partial charge in [-0.1, -0.05) is 18.2 Å². The summed E-state index contributed by atoms with van der Waals surface area (Å²) in [4.78, 5) is 26.0. The molecular weight excluding hydrogens is 542 g/mol. The average molecular weight is 582 g/mol. The summed E-state index contributed by atoms with van der Waals surface area (Å²) >= 11 is 0.